The van der Waals surface area contributed by atoms with Gasteiger partial charge in [-0.15, -0.1) is 0 Å². The van der Waals surface area contributed by atoms with Crippen molar-refractivity contribution in [2.75, 3.05) is 25.1 Å². The van der Waals surface area contributed by atoms with E-state index in [1.54, 1.807) is 6.07 Å². The van der Waals surface area contributed by atoms with E-state index in [4.69, 9.17) is 10.00 Å². The van der Waals surface area contributed by atoms with E-state index in [9.17, 15) is 4.39 Å². The van der Waals surface area contributed by atoms with Crippen LogP contribution in [0, 0.1) is 23.1 Å². The second-order valence-electron chi connectivity index (χ2n) is 4.29. The molecule has 0 spiro atoms. The lowest BCUT2D eigenvalue weighted by Gasteiger charge is -2.07. The van der Waals surface area contributed by atoms with Crippen molar-refractivity contribution < 1.29 is 9.13 Å². The van der Waals surface area contributed by atoms with Gasteiger partial charge in [-0.3, -0.25) is 0 Å². The smallest absolute Gasteiger partial charge is 0.126 e. The summed E-state index contributed by atoms with van der Waals surface area (Å²) < 4.78 is 18.5. The zero-order chi connectivity index (χ0) is 12.1. The Morgan fingerprint density at radius 3 is 2.94 bits per heavy atom. The highest BCUT2D eigenvalue weighted by Gasteiger charge is 2.20. The Hall–Kier alpha value is -1.60. The summed E-state index contributed by atoms with van der Waals surface area (Å²) in [6.45, 7) is 2.06. The van der Waals surface area contributed by atoms with Gasteiger partial charge in [0, 0.05) is 18.8 Å². The zero-order valence-electron chi connectivity index (χ0n) is 9.58. The van der Waals surface area contributed by atoms with Crippen molar-refractivity contribution in [3.05, 3.63) is 29.6 Å². The van der Waals surface area contributed by atoms with Gasteiger partial charge >= 0.3 is 0 Å². The molecule has 1 aliphatic rings. The SMILES string of the molecule is N#Cc1cc(F)cc(NCCOCC2CC2)c1. The highest BCUT2D eigenvalue weighted by molar-refractivity contribution is 5.49. The van der Waals surface area contributed by atoms with Crippen molar-refractivity contribution in [2.45, 2.75) is 12.8 Å². The van der Waals surface area contributed by atoms with Crippen LogP contribution in [0.5, 0.6) is 0 Å². The largest absolute Gasteiger partial charge is 0.383 e. The van der Waals surface area contributed by atoms with Crippen molar-refractivity contribution in [1.29, 1.82) is 5.26 Å². The van der Waals surface area contributed by atoms with Crippen LogP contribution in [0.4, 0.5) is 10.1 Å². The predicted molar refractivity (Wildman–Crippen MR) is 63.1 cm³/mol. The molecule has 1 aromatic carbocycles. The molecular weight excluding hydrogens is 219 g/mol. The van der Waals surface area contributed by atoms with Crippen LogP contribution in [0.2, 0.25) is 0 Å². The van der Waals surface area contributed by atoms with Crippen molar-refractivity contribution in [1.82, 2.24) is 0 Å². The van der Waals surface area contributed by atoms with E-state index in [0.29, 0.717) is 24.4 Å². The van der Waals surface area contributed by atoms with Gasteiger partial charge in [0.1, 0.15) is 5.82 Å². The highest BCUT2D eigenvalue weighted by atomic mass is 19.1. The van der Waals surface area contributed by atoms with Gasteiger partial charge in [0.15, 0.2) is 0 Å². The number of hydrogen-bond donors (Lipinski definition) is 1. The maximum Gasteiger partial charge on any atom is 0.126 e. The molecule has 2 rings (SSSR count). The number of nitriles is 1. The molecule has 0 radical (unpaired) electrons. The number of rotatable bonds is 6. The van der Waals surface area contributed by atoms with Gasteiger partial charge in [0.2, 0.25) is 0 Å². The van der Waals surface area contributed by atoms with Crippen LogP contribution >= 0.6 is 0 Å². The van der Waals surface area contributed by atoms with E-state index in [1.165, 1.54) is 25.0 Å². The van der Waals surface area contributed by atoms with E-state index < -0.39 is 5.82 Å². The summed E-state index contributed by atoms with van der Waals surface area (Å²) in [6.07, 6.45) is 2.56. The van der Waals surface area contributed by atoms with E-state index in [1.807, 2.05) is 6.07 Å². The number of nitrogens with one attached hydrogen (secondary N) is 1. The molecule has 1 fully saturated rings. The molecule has 0 unspecified atom stereocenters. The quantitative estimate of drug-likeness (QED) is 0.769. The average molecular weight is 234 g/mol. The van der Waals surface area contributed by atoms with Crippen molar-refractivity contribution in [2.24, 2.45) is 5.92 Å². The summed E-state index contributed by atoms with van der Waals surface area (Å²) in [7, 11) is 0. The first-order valence-electron chi connectivity index (χ1n) is 5.80. The maximum absolute atomic E-state index is 13.1. The van der Waals surface area contributed by atoms with Gasteiger partial charge in [-0.2, -0.15) is 5.26 Å². The molecule has 0 amide bonds. The second-order valence-corrected chi connectivity index (χ2v) is 4.29. The Morgan fingerprint density at radius 1 is 1.41 bits per heavy atom. The molecular formula is C13H15FN2O. The number of benzene rings is 1. The molecule has 4 heteroatoms. The van der Waals surface area contributed by atoms with Gasteiger partial charge in [-0.05, 0) is 37.0 Å². The predicted octanol–water partition coefficient (Wildman–Crippen LogP) is 2.54. The minimum Gasteiger partial charge on any atom is -0.383 e. The van der Waals surface area contributed by atoms with Crippen LogP contribution in [0.25, 0.3) is 0 Å². The van der Waals surface area contributed by atoms with Crippen LogP contribution in [0.15, 0.2) is 18.2 Å². The van der Waals surface area contributed by atoms with Gasteiger partial charge in [-0.1, -0.05) is 0 Å². The Balaban J connectivity index is 1.73. The first-order valence-corrected chi connectivity index (χ1v) is 5.80. The molecule has 3 nitrogen and oxygen atoms in total. The first kappa shape index (κ1) is 11.9. The molecule has 0 aromatic heterocycles. The number of halogens is 1. The normalized spacial score (nSPS) is 14.4. The Morgan fingerprint density at radius 2 is 2.24 bits per heavy atom. The van der Waals surface area contributed by atoms with Gasteiger partial charge in [-0.25, -0.2) is 4.39 Å². The fraction of sp³-hybridized carbons (Fsp3) is 0.462. The van der Waals surface area contributed by atoms with Crippen LogP contribution in [0.3, 0.4) is 0 Å². The lowest BCUT2D eigenvalue weighted by atomic mass is 10.2. The van der Waals surface area contributed by atoms with Crippen molar-refractivity contribution >= 4 is 5.69 Å². The van der Waals surface area contributed by atoms with Crippen molar-refractivity contribution in [3.8, 4) is 6.07 Å². The van der Waals surface area contributed by atoms with Gasteiger partial charge in [0.25, 0.3) is 0 Å². The molecule has 0 bridgehead atoms. The molecule has 0 heterocycles. The fourth-order valence-electron chi connectivity index (χ4n) is 1.56. The molecule has 0 atom stereocenters. The summed E-state index contributed by atoms with van der Waals surface area (Å²) in [5.74, 6) is 0.361. The summed E-state index contributed by atoms with van der Waals surface area (Å²) in [5, 5.41) is 11.7. The molecule has 0 aliphatic heterocycles. The minimum atomic E-state index is -0.398. The van der Waals surface area contributed by atoms with Crippen LogP contribution in [-0.2, 0) is 4.74 Å². The summed E-state index contributed by atoms with van der Waals surface area (Å²) in [5.41, 5.74) is 0.947. The summed E-state index contributed by atoms with van der Waals surface area (Å²) in [6, 6.07) is 6.14. The lowest BCUT2D eigenvalue weighted by Crippen LogP contribution is -2.10. The molecule has 1 saturated carbocycles. The maximum atomic E-state index is 13.1. The number of ether oxygens (including phenoxy) is 1. The van der Waals surface area contributed by atoms with Crippen molar-refractivity contribution in [3.63, 3.8) is 0 Å². The fourth-order valence-corrected chi connectivity index (χ4v) is 1.56. The summed E-state index contributed by atoms with van der Waals surface area (Å²) in [4.78, 5) is 0. The van der Waals surface area contributed by atoms with E-state index in [-0.39, 0.29) is 0 Å². The third-order valence-electron chi connectivity index (χ3n) is 2.65. The van der Waals surface area contributed by atoms with Gasteiger partial charge in [0.05, 0.1) is 18.2 Å². The Kier molecular flexibility index (Phi) is 3.94. The molecule has 1 aliphatic carbocycles. The highest BCUT2D eigenvalue weighted by Crippen LogP contribution is 2.28. The first-order chi connectivity index (χ1) is 8.28. The third kappa shape index (κ3) is 4.04. The third-order valence-corrected chi connectivity index (χ3v) is 2.65. The number of nitrogens with zero attached hydrogens (tertiary/aromatic N) is 1. The monoisotopic (exact) mass is 234 g/mol. The Labute approximate surface area is 100 Å². The van der Waals surface area contributed by atoms with Crippen LogP contribution in [-0.4, -0.2) is 19.8 Å². The topological polar surface area (TPSA) is 45.0 Å². The zero-order valence-corrected chi connectivity index (χ0v) is 9.58. The van der Waals surface area contributed by atoms with E-state index in [0.717, 1.165) is 12.5 Å². The van der Waals surface area contributed by atoms with Crippen LogP contribution in [0.1, 0.15) is 18.4 Å². The molecule has 90 valence electrons. The average Bonchev–Trinajstić information content (AvgIpc) is 3.12. The second kappa shape index (κ2) is 5.65. The summed E-state index contributed by atoms with van der Waals surface area (Å²) >= 11 is 0. The van der Waals surface area contributed by atoms with Crippen LogP contribution < -0.4 is 5.32 Å². The molecule has 1 N–H and O–H groups in total. The molecule has 0 saturated heterocycles. The molecule has 17 heavy (non-hydrogen) atoms. The van der Waals surface area contributed by atoms with E-state index in [2.05, 4.69) is 5.32 Å². The number of hydrogen-bond acceptors (Lipinski definition) is 3. The number of anilines is 1. The van der Waals surface area contributed by atoms with E-state index >= 15 is 0 Å². The van der Waals surface area contributed by atoms with Gasteiger partial charge < -0.3 is 10.1 Å². The standard InChI is InChI=1S/C13H15FN2O/c14-12-5-11(8-15)6-13(7-12)16-3-4-17-9-10-1-2-10/h5-7,10,16H,1-4,9H2. The minimum absolute atomic E-state index is 0.325. The Bertz CT molecular complexity index is 424. The lowest BCUT2D eigenvalue weighted by molar-refractivity contribution is 0.134. The molecule has 1 aromatic rings.